The maximum atomic E-state index is 13.0. The third-order valence-electron chi connectivity index (χ3n) is 3.20. The molecule has 2 rings (SSSR count). The van der Waals surface area contributed by atoms with Crippen LogP contribution in [0.2, 0.25) is 0 Å². The average Bonchev–Trinajstić information content (AvgIpc) is 2.83. The van der Waals surface area contributed by atoms with Gasteiger partial charge in [-0.2, -0.15) is 0 Å². The highest BCUT2D eigenvalue weighted by atomic mass is 19.2. The molecule has 102 valence electrons. The number of hydrogen-bond acceptors (Lipinski definition) is 2. The van der Waals surface area contributed by atoms with Gasteiger partial charge in [-0.15, -0.1) is 0 Å². The van der Waals surface area contributed by atoms with Crippen molar-refractivity contribution in [2.24, 2.45) is 0 Å². The maximum Gasteiger partial charge on any atom is 0.326 e. The summed E-state index contributed by atoms with van der Waals surface area (Å²) in [5.74, 6) is -3.39. The second-order valence-electron chi connectivity index (χ2n) is 4.51. The number of carbonyl (C=O) groups is 2. The Bertz CT molecular complexity index is 519. The molecule has 6 heteroatoms. The summed E-state index contributed by atoms with van der Waals surface area (Å²) in [6.45, 7) is 0.388. The third-order valence-corrected chi connectivity index (χ3v) is 3.20. The van der Waals surface area contributed by atoms with Gasteiger partial charge in [0.25, 0.3) is 0 Å². The average molecular weight is 269 g/mol. The Morgan fingerprint density at radius 1 is 1.32 bits per heavy atom. The van der Waals surface area contributed by atoms with E-state index in [1.54, 1.807) is 0 Å². The van der Waals surface area contributed by atoms with Crippen molar-refractivity contribution < 1.29 is 23.5 Å². The summed E-state index contributed by atoms with van der Waals surface area (Å²) >= 11 is 0. The van der Waals surface area contributed by atoms with Crippen LogP contribution < -0.4 is 0 Å². The van der Waals surface area contributed by atoms with Crippen LogP contribution in [-0.2, 0) is 16.0 Å². The molecule has 1 N–H and O–H groups in total. The molecule has 1 aliphatic heterocycles. The lowest BCUT2D eigenvalue weighted by atomic mass is 10.1. The van der Waals surface area contributed by atoms with Gasteiger partial charge in [0.05, 0.1) is 6.42 Å². The van der Waals surface area contributed by atoms with Crippen LogP contribution in [0.25, 0.3) is 0 Å². The largest absolute Gasteiger partial charge is 0.480 e. The summed E-state index contributed by atoms with van der Waals surface area (Å²) in [5, 5.41) is 8.98. The highest BCUT2D eigenvalue weighted by molar-refractivity contribution is 5.85. The highest BCUT2D eigenvalue weighted by Crippen LogP contribution is 2.19. The molecule has 1 atom stereocenters. The number of benzene rings is 1. The number of carboxylic acids is 1. The number of rotatable bonds is 3. The fourth-order valence-corrected chi connectivity index (χ4v) is 2.25. The van der Waals surface area contributed by atoms with Crippen LogP contribution in [0.4, 0.5) is 8.78 Å². The molecule has 0 bridgehead atoms. The Kier molecular flexibility index (Phi) is 3.78. The van der Waals surface area contributed by atoms with E-state index in [2.05, 4.69) is 0 Å². The van der Waals surface area contributed by atoms with Crippen LogP contribution in [0.15, 0.2) is 18.2 Å². The number of likely N-dealkylation sites (tertiary alicyclic amines) is 1. The molecule has 1 heterocycles. The number of aliphatic carboxylic acids is 1. The lowest BCUT2D eigenvalue weighted by molar-refractivity contribution is -0.148. The molecular formula is C13H13F2NO3. The van der Waals surface area contributed by atoms with Crippen molar-refractivity contribution in [1.82, 2.24) is 4.90 Å². The first-order valence-electron chi connectivity index (χ1n) is 5.95. The maximum absolute atomic E-state index is 13.0. The zero-order valence-electron chi connectivity index (χ0n) is 10.1. The van der Waals surface area contributed by atoms with Crippen molar-refractivity contribution in [2.45, 2.75) is 25.3 Å². The molecule has 1 unspecified atom stereocenters. The molecule has 1 fully saturated rings. The van der Waals surface area contributed by atoms with Gasteiger partial charge in [0, 0.05) is 6.54 Å². The summed E-state index contributed by atoms with van der Waals surface area (Å²) in [7, 11) is 0. The van der Waals surface area contributed by atoms with Crippen molar-refractivity contribution in [3.63, 3.8) is 0 Å². The third kappa shape index (κ3) is 2.89. The minimum Gasteiger partial charge on any atom is -0.480 e. The van der Waals surface area contributed by atoms with Crippen LogP contribution in [-0.4, -0.2) is 34.5 Å². The topological polar surface area (TPSA) is 57.6 Å². The van der Waals surface area contributed by atoms with Gasteiger partial charge < -0.3 is 10.0 Å². The second kappa shape index (κ2) is 5.34. The van der Waals surface area contributed by atoms with Gasteiger partial charge in [-0.1, -0.05) is 6.07 Å². The molecule has 1 aliphatic rings. The van der Waals surface area contributed by atoms with Crippen molar-refractivity contribution in [3.05, 3.63) is 35.4 Å². The first-order valence-corrected chi connectivity index (χ1v) is 5.95. The van der Waals surface area contributed by atoms with Gasteiger partial charge in [-0.05, 0) is 30.5 Å². The fourth-order valence-electron chi connectivity index (χ4n) is 2.25. The molecule has 0 aromatic heterocycles. The molecular weight excluding hydrogens is 256 g/mol. The summed E-state index contributed by atoms with van der Waals surface area (Å²) in [6.07, 6.45) is 0.945. The van der Waals surface area contributed by atoms with Gasteiger partial charge in [0.15, 0.2) is 11.6 Å². The van der Waals surface area contributed by atoms with Crippen LogP contribution in [0.3, 0.4) is 0 Å². The Morgan fingerprint density at radius 3 is 2.68 bits per heavy atom. The molecule has 19 heavy (non-hydrogen) atoms. The summed E-state index contributed by atoms with van der Waals surface area (Å²) < 4.78 is 25.8. The summed E-state index contributed by atoms with van der Waals surface area (Å²) in [5.41, 5.74) is 0.333. The van der Waals surface area contributed by atoms with Gasteiger partial charge in [0.1, 0.15) is 6.04 Å². The minimum absolute atomic E-state index is 0.124. The molecule has 0 radical (unpaired) electrons. The highest BCUT2D eigenvalue weighted by Gasteiger charge is 2.33. The first-order chi connectivity index (χ1) is 8.99. The molecule has 1 aromatic rings. The smallest absolute Gasteiger partial charge is 0.326 e. The van der Waals surface area contributed by atoms with E-state index in [9.17, 15) is 18.4 Å². The molecule has 0 aliphatic carbocycles. The normalized spacial score (nSPS) is 18.6. The summed E-state index contributed by atoms with van der Waals surface area (Å²) in [4.78, 5) is 24.2. The first kappa shape index (κ1) is 13.5. The van der Waals surface area contributed by atoms with E-state index in [-0.39, 0.29) is 12.3 Å². The van der Waals surface area contributed by atoms with Gasteiger partial charge in [-0.25, -0.2) is 13.6 Å². The van der Waals surface area contributed by atoms with E-state index in [4.69, 9.17) is 5.11 Å². The van der Waals surface area contributed by atoms with E-state index in [0.29, 0.717) is 24.9 Å². The van der Waals surface area contributed by atoms with E-state index in [0.717, 1.165) is 12.1 Å². The number of carboxylic acid groups (broad SMARTS) is 1. The van der Waals surface area contributed by atoms with E-state index in [1.165, 1.54) is 11.0 Å². The predicted octanol–water partition coefficient (Wildman–Crippen LogP) is 1.58. The van der Waals surface area contributed by atoms with Crippen molar-refractivity contribution in [3.8, 4) is 0 Å². The number of carbonyl (C=O) groups excluding carboxylic acids is 1. The van der Waals surface area contributed by atoms with E-state index < -0.39 is 23.6 Å². The lowest BCUT2D eigenvalue weighted by Gasteiger charge is -2.21. The van der Waals surface area contributed by atoms with Crippen molar-refractivity contribution in [1.29, 1.82) is 0 Å². The summed E-state index contributed by atoms with van der Waals surface area (Å²) in [6, 6.07) is 2.43. The van der Waals surface area contributed by atoms with Crippen LogP contribution in [0.1, 0.15) is 18.4 Å². The molecule has 0 spiro atoms. The Balaban J connectivity index is 2.08. The fraction of sp³-hybridized carbons (Fsp3) is 0.385. The van der Waals surface area contributed by atoms with Crippen LogP contribution in [0.5, 0.6) is 0 Å². The standard InChI is InChI=1S/C13H13F2NO3/c14-9-4-3-8(6-10(9)15)7-12(17)16-5-1-2-11(16)13(18)19/h3-4,6,11H,1-2,5,7H2,(H,18,19). The zero-order valence-corrected chi connectivity index (χ0v) is 10.1. The number of nitrogens with zero attached hydrogens (tertiary/aromatic N) is 1. The van der Waals surface area contributed by atoms with Gasteiger partial charge in [0.2, 0.25) is 5.91 Å². The van der Waals surface area contributed by atoms with Crippen LogP contribution in [0, 0.1) is 11.6 Å². The zero-order chi connectivity index (χ0) is 14.0. The Labute approximate surface area is 108 Å². The Hall–Kier alpha value is -1.98. The SMILES string of the molecule is O=C(O)C1CCCN1C(=O)Cc1ccc(F)c(F)c1. The minimum atomic E-state index is -1.03. The van der Waals surface area contributed by atoms with Gasteiger partial charge >= 0.3 is 5.97 Å². The molecule has 1 amide bonds. The lowest BCUT2D eigenvalue weighted by Crippen LogP contribution is -2.41. The number of amides is 1. The Morgan fingerprint density at radius 2 is 2.05 bits per heavy atom. The predicted molar refractivity (Wildman–Crippen MR) is 62.4 cm³/mol. The van der Waals surface area contributed by atoms with E-state index in [1.807, 2.05) is 0 Å². The quantitative estimate of drug-likeness (QED) is 0.906. The van der Waals surface area contributed by atoms with Crippen molar-refractivity contribution in [2.75, 3.05) is 6.54 Å². The monoisotopic (exact) mass is 269 g/mol. The van der Waals surface area contributed by atoms with Gasteiger partial charge in [-0.3, -0.25) is 4.79 Å². The number of hydrogen-bond donors (Lipinski definition) is 1. The molecule has 4 nitrogen and oxygen atoms in total. The van der Waals surface area contributed by atoms with E-state index >= 15 is 0 Å². The molecule has 0 saturated carbocycles. The van der Waals surface area contributed by atoms with Crippen molar-refractivity contribution >= 4 is 11.9 Å². The molecule has 1 saturated heterocycles. The second-order valence-corrected chi connectivity index (χ2v) is 4.51. The van der Waals surface area contributed by atoms with Crippen LogP contribution >= 0.6 is 0 Å². The number of halogens is 2. The molecule has 1 aromatic carbocycles.